The third kappa shape index (κ3) is 2.73. The van der Waals surface area contributed by atoms with E-state index in [-0.39, 0.29) is 11.7 Å². The molecule has 1 fully saturated rings. The molecule has 0 unspecified atom stereocenters. The monoisotopic (exact) mass is 256 g/mol. The van der Waals surface area contributed by atoms with E-state index in [0.29, 0.717) is 29.7 Å². The molecule has 1 saturated heterocycles. The van der Waals surface area contributed by atoms with Gasteiger partial charge >= 0.3 is 0 Å². The molecule has 3 nitrogen and oxygen atoms in total. The van der Waals surface area contributed by atoms with Gasteiger partial charge in [0.2, 0.25) is 0 Å². The van der Waals surface area contributed by atoms with Crippen LogP contribution in [0.2, 0.25) is 0 Å². The van der Waals surface area contributed by atoms with Gasteiger partial charge < -0.3 is 0 Å². The van der Waals surface area contributed by atoms with E-state index in [4.69, 9.17) is 0 Å². The summed E-state index contributed by atoms with van der Waals surface area (Å²) in [5.41, 5.74) is 0. The topological polar surface area (TPSA) is 57.5 Å². The van der Waals surface area contributed by atoms with E-state index < -0.39 is 10.6 Å². The minimum absolute atomic E-state index is 0.0456. The summed E-state index contributed by atoms with van der Waals surface area (Å²) in [6, 6.07) is 0. The number of ketones is 1. The van der Waals surface area contributed by atoms with Crippen molar-refractivity contribution in [1.82, 2.24) is 0 Å². The third-order valence-corrected chi connectivity index (χ3v) is 4.51. The highest BCUT2D eigenvalue weighted by Gasteiger charge is 2.27. The van der Waals surface area contributed by atoms with Crippen LogP contribution in [0.5, 0.6) is 0 Å². The molecule has 2 N–H and O–H groups in total. The molecule has 0 atom stereocenters. The number of carbonyl (C=O) groups is 1. The maximum Gasteiger partial charge on any atom is 0.146 e. The summed E-state index contributed by atoms with van der Waals surface area (Å²) < 4.78 is 18.5. The molecular weight excluding hydrogens is 244 g/mol. The number of rotatable bonds is 2. The van der Waals surface area contributed by atoms with Gasteiger partial charge in [0, 0.05) is 17.4 Å². The SMILES string of the molecule is O=C(CBr)C1CCS(O)(O)CC1. The van der Waals surface area contributed by atoms with Gasteiger partial charge in [-0.1, -0.05) is 15.9 Å². The van der Waals surface area contributed by atoms with E-state index in [0.717, 1.165) is 0 Å². The van der Waals surface area contributed by atoms with Crippen LogP contribution in [0.15, 0.2) is 0 Å². The van der Waals surface area contributed by atoms with E-state index in [1.54, 1.807) is 0 Å². The van der Waals surface area contributed by atoms with E-state index in [2.05, 4.69) is 15.9 Å². The van der Waals surface area contributed by atoms with Crippen molar-refractivity contribution in [2.24, 2.45) is 5.92 Å². The smallest absolute Gasteiger partial charge is 0.146 e. The minimum atomic E-state index is -2.32. The first kappa shape index (κ1) is 10.5. The van der Waals surface area contributed by atoms with Crippen molar-refractivity contribution in [3.8, 4) is 0 Å². The quantitative estimate of drug-likeness (QED) is 0.745. The van der Waals surface area contributed by atoms with Crippen molar-refractivity contribution in [2.75, 3.05) is 16.8 Å². The molecule has 0 amide bonds. The predicted octanol–water partition coefficient (Wildman–Crippen LogP) is 2.11. The van der Waals surface area contributed by atoms with Crippen molar-refractivity contribution in [2.45, 2.75) is 12.8 Å². The second-order valence-electron chi connectivity index (χ2n) is 3.08. The van der Waals surface area contributed by atoms with Gasteiger partial charge in [0.25, 0.3) is 0 Å². The lowest BCUT2D eigenvalue weighted by Crippen LogP contribution is -2.26. The Bertz CT molecular complexity index is 173. The van der Waals surface area contributed by atoms with Gasteiger partial charge in [0.15, 0.2) is 0 Å². The average molecular weight is 257 g/mol. The second kappa shape index (κ2) is 4.09. The molecule has 0 aromatic carbocycles. The Morgan fingerprint density at radius 2 is 1.92 bits per heavy atom. The number of Topliss-reactive ketones (excluding diaryl/α,β-unsaturated/α-hetero) is 1. The first-order chi connectivity index (χ1) is 5.55. The van der Waals surface area contributed by atoms with Crippen LogP contribution in [0.25, 0.3) is 0 Å². The lowest BCUT2D eigenvalue weighted by Gasteiger charge is -2.38. The van der Waals surface area contributed by atoms with E-state index in [1.807, 2.05) is 0 Å². The van der Waals surface area contributed by atoms with Gasteiger partial charge in [0.05, 0.1) is 5.33 Å². The normalized spacial score (nSPS) is 26.6. The minimum Gasteiger partial charge on any atom is -0.299 e. The number of hydrogen-bond acceptors (Lipinski definition) is 3. The van der Waals surface area contributed by atoms with Gasteiger partial charge in [-0.25, -0.2) is 0 Å². The summed E-state index contributed by atoms with van der Waals surface area (Å²) in [4.78, 5) is 11.2. The highest BCUT2D eigenvalue weighted by Crippen LogP contribution is 2.45. The molecule has 1 heterocycles. The molecule has 0 saturated carbocycles. The standard InChI is InChI=1S/C7H13BrO3S/c8-5-7(9)6-1-3-12(10,11)4-2-6/h6,10-11H,1-5H2. The molecular formula is C7H13BrO3S. The van der Waals surface area contributed by atoms with Crippen LogP contribution in [0, 0.1) is 5.92 Å². The maximum atomic E-state index is 11.2. The van der Waals surface area contributed by atoms with Crippen LogP contribution >= 0.6 is 26.5 Å². The zero-order valence-corrected chi connectivity index (χ0v) is 9.10. The summed E-state index contributed by atoms with van der Waals surface area (Å²) >= 11 is 3.11. The summed E-state index contributed by atoms with van der Waals surface area (Å²) in [6.07, 6.45) is 1.26. The maximum absolute atomic E-state index is 11.2. The lowest BCUT2D eigenvalue weighted by molar-refractivity contribution is -0.120. The van der Waals surface area contributed by atoms with Gasteiger partial charge in [0.1, 0.15) is 5.78 Å². The van der Waals surface area contributed by atoms with Crippen molar-refractivity contribution < 1.29 is 13.9 Å². The number of carbonyl (C=O) groups excluding carboxylic acids is 1. The number of halogens is 1. The average Bonchev–Trinajstić information content (AvgIpc) is 2.03. The molecule has 1 rings (SSSR count). The molecule has 1 aliphatic heterocycles. The summed E-state index contributed by atoms with van der Waals surface area (Å²) in [5.74, 6) is 1.03. The largest absolute Gasteiger partial charge is 0.299 e. The van der Waals surface area contributed by atoms with E-state index in [9.17, 15) is 13.9 Å². The number of alkyl halides is 1. The molecule has 0 spiro atoms. The molecule has 0 radical (unpaired) electrons. The van der Waals surface area contributed by atoms with E-state index >= 15 is 0 Å². The van der Waals surface area contributed by atoms with Crippen LogP contribution in [-0.2, 0) is 4.79 Å². The van der Waals surface area contributed by atoms with Gasteiger partial charge in [-0.05, 0) is 12.8 Å². The predicted molar refractivity (Wildman–Crippen MR) is 54.1 cm³/mol. The molecule has 0 aromatic heterocycles. The van der Waals surface area contributed by atoms with Gasteiger partial charge in [-0.3, -0.25) is 13.9 Å². The fourth-order valence-electron chi connectivity index (χ4n) is 1.34. The van der Waals surface area contributed by atoms with Crippen molar-refractivity contribution >= 4 is 32.3 Å². The van der Waals surface area contributed by atoms with Crippen LogP contribution in [0.1, 0.15) is 12.8 Å². The first-order valence-electron chi connectivity index (χ1n) is 3.87. The third-order valence-electron chi connectivity index (χ3n) is 2.17. The number of hydrogen-bond donors (Lipinski definition) is 2. The summed E-state index contributed by atoms with van der Waals surface area (Å²) in [7, 11) is -2.32. The van der Waals surface area contributed by atoms with Crippen LogP contribution in [0.3, 0.4) is 0 Å². The lowest BCUT2D eigenvalue weighted by atomic mass is 9.99. The van der Waals surface area contributed by atoms with Crippen molar-refractivity contribution in [3.63, 3.8) is 0 Å². The Morgan fingerprint density at radius 3 is 2.33 bits per heavy atom. The Morgan fingerprint density at radius 1 is 1.42 bits per heavy atom. The summed E-state index contributed by atoms with van der Waals surface area (Å²) in [6.45, 7) is 0. The highest BCUT2D eigenvalue weighted by atomic mass is 79.9. The van der Waals surface area contributed by atoms with Crippen molar-refractivity contribution in [3.05, 3.63) is 0 Å². The van der Waals surface area contributed by atoms with Crippen molar-refractivity contribution in [1.29, 1.82) is 0 Å². The molecule has 0 aliphatic carbocycles. The summed E-state index contributed by atoms with van der Waals surface area (Å²) in [5, 5.41) is 0.386. The Hall–Kier alpha value is 0.420. The van der Waals surface area contributed by atoms with Crippen LogP contribution in [-0.4, -0.2) is 31.7 Å². The first-order valence-corrected chi connectivity index (χ1v) is 6.88. The van der Waals surface area contributed by atoms with E-state index in [1.165, 1.54) is 0 Å². The Labute approximate surface area is 82.0 Å². The van der Waals surface area contributed by atoms with Gasteiger partial charge in [-0.2, -0.15) is 10.6 Å². The Balaban J connectivity index is 2.41. The van der Waals surface area contributed by atoms with Crippen LogP contribution < -0.4 is 0 Å². The molecule has 0 bridgehead atoms. The molecule has 12 heavy (non-hydrogen) atoms. The zero-order chi connectivity index (χ0) is 9.19. The Kier molecular flexibility index (Phi) is 3.58. The molecule has 72 valence electrons. The molecule has 5 heteroatoms. The fraction of sp³-hybridized carbons (Fsp3) is 0.857. The molecule has 0 aromatic rings. The highest BCUT2D eigenvalue weighted by molar-refractivity contribution is 9.09. The fourth-order valence-corrected chi connectivity index (χ4v) is 3.33. The van der Waals surface area contributed by atoms with Crippen LogP contribution in [0.4, 0.5) is 0 Å². The second-order valence-corrected chi connectivity index (χ2v) is 6.07. The van der Waals surface area contributed by atoms with Gasteiger partial charge in [-0.15, -0.1) is 0 Å². The zero-order valence-electron chi connectivity index (χ0n) is 6.70. The molecule has 1 aliphatic rings.